The van der Waals surface area contributed by atoms with Crippen LogP contribution in [-0.2, 0) is 23.8 Å². The molecule has 134 valence electrons. The van der Waals surface area contributed by atoms with Gasteiger partial charge in [-0.3, -0.25) is 9.59 Å². The highest BCUT2D eigenvalue weighted by Crippen LogP contribution is 2.19. The minimum absolute atomic E-state index is 0.00396. The lowest BCUT2D eigenvalue weighted by Gasteiger charge is -2.17. The Morgan fingerprint density at radius 2 is 1.65 bits per heavy atom. The van der Waals surface area contributed by atoms with Gasteiger partial charge in [0.1, 0.15) is 18.8 Å². The van der Waals surface area contributed by atoms with Gasteiger partial charge in [-0.1, -0.05) is 39.5 Å². The molecule has 0 radical (unpaired) electrons. The normalized spacial score (nSPS) is 23.7. The summed E-state index contributed by atoms with van der Waals surface area (Å²) in [6.07, 6.45) is 4.14. The molecule has 1 aliphatic heterocycles. The predicted octanol–water partition coefficient (Wildman–Crippen LogP) is 2.36. The van der Waals surface area contributed by atoms with Crippen molar-refractivity contribution in [3.05, 3.63) is 0 Å². The number of hydrogen-bond donors (Lipinski definition) is 1. The molecule has 0 spiro atoms. The first kappa shape index (κ1) is 19.9. The molecule has 1 aliphatic rings. The van der Waals surface area contributed by atoms with Crippen molar-refractivity contribution in [2.24, 2.45) is 0 Å². The van der Waals surface area contributed by atoms with Gasteiger partial charge in [-0.05, 0) is 12.8 Å². The molecular weight excluding hydrogens is 300 g/mol. The Balaban J connectivity index is 2.22. The molecule has 1 saturated heterocycles. The number of aliphatic hydroxyl groups is 1. The van der Waals surface area contributed by atoms with Crippen LogP contribution in [0.3, 0.4) is 0 Å². The number of ether oxygens (including phenoxy) is 3. The lowest BCUT2D eigenvalue weighted by molar-refractivity contribution is -0.154. The minimum atomic E-state index is -0.950. The Labute approximate surface area is 138 Å². The van der Waals surface area contributed by atoms with Crippen LogP contribution in [0.15, 0.2) is 0 Å². The smallest absolute Gasteiger partial charge is 0.306 e. The fourth-order valence-electron chi connectivity index (χ4n) is 2.42. The summed E-state index contributed by atoms with van der Waals surface area (Å²) in [7, 11) is 0. The van der Waals surface area contributed by atoms with E-state index in [1.807, 2.05) is 0 Å². The van der Waals surface area contributed by atoms with Crippen molar-refractivity contribution in [2.75, 3.05) is 13.2 Å². The molecule has 0 aromatic heterocycles. The van der Waals surface area contributed by atoms with Crippen LogP contribution < -0.4 is 0 Å². The van der Waals surface area contributed by atoms with E-state index in [0.29, 0.717) is 12.8 Å². The van der Waals surface area contributed by atoms with Gasteiger partial charge in [0.2, 0.25) is 0 Å². The van der Waals surface area contributed by atoms with E-state index in [1.165, 1.54) is 0 Å². The quantitative estimate of drug-likeness (QED) is 0.462. The van der Waals surface area contributed by atoms with Crippen LogP contribution in [-0.4, -0.2) is 48.6 Å². The van der Waals surface area contributed by atoms with Crippen LogP contribution >= 0.6 is 0 Å². The number of rotatable bonds is 11. The van der Waals surface area contributed by atoms with E-state index in [1.54, 1.807) is 0 Å². The average molecular weight is 330 g/mol. The SMILES string of the molecule is CCCCCC(=O)OC[C@H]1OC[C@@H](OC(=O)CCCCC)[C@H]1O. The largest absolute Gasteiger partial charge is 0.463 e. The lowest BCUT2D eigenvalue weighted by Crippen LogP contribution is -2.36. The van der Waals surface area contributed by atoms with Crippen molar-refractivity contribution in [2.45, 2.75) is 83.5 Å². The molecule has 1 fully saturated rings. The van der Waals surface area contributed by atoms with Gasteiger partial charge < -0.3 is 19.3 Å². The lowest BCUT2D eigenvalue weighted by atomic mass is 10.1. The molecule has 0 amide bonds. The second-order valence-corrected chi connectivity index (χ2v) is 5.99. The maximum absolute atomic E-state index is 11.7. The van der Waals surface area contributed by atoms with E-state index < -0.39 is 18.3 Å². The number of carbonyl (C=O) groups excluding carboxylic acids is 2. The van der Waals surface area contributed by atoms with Crippen molar-refractivity contribution in [1.82, 2.24) is 0 Å². The molecular formula is C17H30O6. The molecule has 0 aromatic rings. The third-order valence-corrected chi connectivity index (χ3v) is 3.90. The molecule has 0 aliphatic carbocycles. The van der Waals surface area contributed by atoms with Gasteiger partial charge >= 0.3 is 11.9 Å². The summed E-state index contributed by atoms with van der Waals surface area (Å²) < 4.78 is 15.7. The van der Waals surface area contributed by atoms with Gasteiger partial charge in [0.15, 0.2) is 6.10 Å². The zero-order valence-electron chi connectivity index (χ0n) is 14.3. The number of hydrogen-bond acceptors (Lipinski definition) is 6. The highest BCUT2D eigenvalue weighted by Gasteiger charge is 2.39. The Bertz CT molecular complexity index is 357. The first-order valence-electron chi connectivity index (χ1n) is 8.73. The van der Waals surface area contributed by atoms with Gasteiger partial charge in [-0.25, -0.2) is 0 Å². The maximum atomic E-state index is 11.7. The van der Waals surface area contributed by atoms with Crippen LogP contribution in [0.2, 0.25) is 0 Å². The standard InChI is InChI=1S/C17H30O6/c1-3-5-7-9-15(18)22-11-13-17(20)14(12-21-13)23-16(19)10-8-6-4-2/h13-14,17,20H,3-12H2,1-2H3/t13-,14-,17+/m1/s1. The fraction of sp³-hybridized carbons (Fsp3) is 0.882. The molecule has 0 aromatic carbocycles. The summed E-state index contributed by atoms with van der Waals surface area (Å²) in [5.41, 5.74) is 0. The third-order valence-electron chi connectivity index (χ3n) is 3.90. The van der Waals surface area contributed by atoms with Gasteiger partial charge in [0, 0.05) is 12.8 Å². The van der Waals surface area contributed by atoms with Crippen LogP contribution in [0.5, 0.6) is 0 Å². The van der Waals surface area contributed by atoms with Gasteiger partial charge in [-0.15, -0.1) is 0 Å². The molecule has 1 heterocycles. The van der Waals surface area contributed by atoms with Crippen molar-refractivity contribution in [1.29, 1.82) is 0 Å². The molecule has 0 unspecified atom stereocenters. The molecule has 23 heavy (non-hydrogen) atoms. The predicted molar refractivity (Wildman–Crippen MR) is 84.9 cm³/mol. The monoisotopic (exact) mass is 330 g/mol. The molecule has 0 bridgehead atoms. The summed E-state index contributed by atoms with van der Waals surface area (Å²) in [4.78, 5) is 23.2. The van der Waals surface area contributed by atoms with Crippen molar-refractivity contribution in [3.63, 3.8) is 0 Å². The zero-order valence-corrected chi connectivity index (χ0v) is 14.3. The summed E-state index contributed by atoms with van der Waals surface area (Å²) >= 11 is 0. The van der Waals surface area contributed by atoms with E-state index in [9.17, 15) is 14.7 Å². The van der Waals surface area contributed by atoms with E-state index >= 15 is 0 Å². The fourth-order valence-corrected chi connectivity index (χ4v) is 2.42. The van der Waals surface area contributed by atoms with Gasteiger partial charge in [0.05, 0.1) is 6.61 Å². The maximum Gasteiger partial charge on any atom is 0.306 e. The minimum Gasteiger partial charge on any atom is -0.463 e. The summed E-state index contributed by atoms with van der Waals surface area (Å²) in [5, 5.41) is 10.1. The van der Waals surface area contributed by atoms with Gasteiger partial charge in [0.25, 0.3) is 0 Å². The Kier molecular flexibility index (Phi) is 9.87. The van der Waals surface area contributed by atoms with Crippen LogP contribution in [0.1, 0.15) is 65.2 Å². The van der Waals surface area contributed by atoms with E-state index in [-0.39, 0.29) is 25.2 Å². The van der Waals surface area contributed by atoms with Crippen LogP contribution in [0.4, 0.5) is 0 Å². The number of carbonyl (C=O) groups is 2. The second kappa shape index (κ2) is 11.4. The third kappa shape index (κ3) is 7.79. The summed E-state index contributed by atoms with van der Waals surface area (Å²) in [5.74, 6) is -0.599. The highest BCUT2D eigenvalue weighted by molar-refractivity contribution is 5.70. The van der Waals surface area contributed by atoms with Crippen molar-refractivity contribution in [3.8, 4) is 0 Å². The Hall–Kier alpha value is -1.14. The van der Waals surface area contributed by atoms with Crippen molar-refractivity contribution >= 4 is 11.9 Å². The second-order valence-electron chi connectivity index (χ2n) is 5.99. The van der Waals surface area contributed by atoms with Gasteiger partial charge in [-0.2, -0.15) is 0 Å². The molecule has 1 rings (SSSR count). The molecule has 1 N–H and O–H groups in total. The molecule has 0 saturated carbocycles. The van der Waals surface area contributed by atoms with E-state index in [4.69, 9.17) is 14.2 Å². The molecule has 3 atom stereocenters. The Morgan fingerprint density at radius 1 is 1.04 bits per heavy atom. The first-order valence-corrected chi connectivity index (χ1v) is 8.73. The van der Waals surface area contributed by atoms with Crippen molar-refractivity contribution < 1.29 is 28.9 Å². The number of unbranched alkanes of at least 4 members (excludes halogenated alkanes) is 4. The van der Waals surface area contributed by atoms with Crippen LogP contribution in [0.25, 0.3) is 0 Å². The summed E-state index contributed by atoms with van der Waals surface area (Å²) in [6.45, 7) is 4.26. The Morgan fingerprint density at radius 3 is 2.26 bits per heavy atom. The summed E-state index contributed by atoms with van der Waals surface area (Å²) in [6, 6.07) is 0. The highest BCUT2D eigenvalue weighted by atomic mass is 16.6. The molecule has 6 heteroatoms. The average Bonchev–Trinajstić information content (AvgIpc) is 2.86. The number of esters is 2. The van der Waals surface area contributed by atoms with Crippen LogP contribution in [0, 0.1) is 0 Å². The molecule has 6 nitrogen and oxygen atoms in total. The first-order chi connectivity index (χ1) is 11.1. The topological polar surface area (TPSA) is 82.1 Å². The van der Waals surface area contributed by atoms with E-state index in [0.717, 1.165) is 38.5 Å². The van der Waals surface area contributed by atoms with E-state index in [2.05, 4.69) is 13.8 Å². The zero-order chi connectivity index (χ0) is 17.1. The number of aliphatic hydroxyl groups excluding tert-OH is 1.